The van der Waals surface area contributed by atoms with E-state index in [1.54, 1.807) is 0 Å². The van der Waals surface area contributed by atoms with E-state index in [1.807, 2.05) is 13.8 Å². The van der Waals surface area contributed by atoms with Crippen molar-refractivity contribution in [2.24, 2.45) is 0 Å². The molecule has 0 aliphatic rings. The van der Waals surface area contributed by atoms with Crippen LogP contribution in [0.25, 0.3) is 11.1 Å². The van der Waals surface area contributed by atoms with Gasteiger partial charge in [0.1, 0.15) is 0 Å². The molecule has 1 aromatic carbocycles. The first-order valence-electron chi connectivity index (χ1n) is 7.64. The number of aryl methyl sites for hydroxylation is 3. The van der Waals surface area contributed by atoms with Crippen molar-refractivity contribution in [2.45, 2.75) is 47.1 Å². The van der Waals surface area contributed by atoms with Gasteiger partial charge in [-0.1, -0.05) is 30.7 Å². The number of nitrogens with two attached hydrogens (primary N) is 1. The maximum Gasteiger partial charge on any atom is 0.255 e. The fourth-order valence-electron chi connectivity index (χ4n) is 2.69. The van der Waals surface area contributed by atoms with E-state index in [-0.39, 0.29) is 11.9 Å². The summed E-state index contributed by atoms with van der Waals surface area (Å²) in [5, 5.41) is 3.57. The fourth-order valence-corrected chi connectivity index (χ4v) is 3.71. The zero-order valence-electron chi connectivity index (χ0n) is 13.9. The van der Waals surface area contributed by atoms with E-state index in [0.29, 0.717) is 10.6 Å². The highest BCUT2D eigenvalue weighted by Gasteiger charge is 2.24. The van der Waals surface area contributed by atoms with E-state index in [4.69, 9.17) is 5.73 Å². The number of nitrogens with one attached hydrogen (secondary N) is 1. The lowest BCUT2D eigenvalue weighted by atomic mass is 9.94. The molecule has 0 atom stereocenters. The normalized spacial score (nSPS) is 11.0. The molecule has 22 heavy (non-hydrogen) atoms. The molecule has 0 radical (unpaired) electrons. The predicted molar refractivity (Wildman–Crippen MR) is 95.6 cm³/mol. The van der Waals surface area contributed by atoms with Crippen molar-refractivity contribution in [3.63, 3.8) is 0 Å². The van der Waals surface area contributed by atoms with Crippen molar-refractivity contribution in [3.05, 3.63) is 39.8 Å². The maximum absolute atomic E-state index is 12.6. The molecule has 3 N–H and O–H groups in total. The molecule has 1 aromatic heterocycles. The zero-order valence-corrected chi connectivity index (χ0v) is 14.7. The first kappa shape index (κ1) is 16.6. The largest absolute Gasteiger partial charge is 0.390 e. The minimum absolute atomic E-state index is 0.0848. The number of hydrogen-bond donors (Lipinski definition) is 2. The van der Waals surface area contributed by atoms with Crippen LogP contribution in [0.2, 0.25) is 0 Å². The van der Waals surface area contributed by atoms with Gasteiger partial charge in [-0.25, -0.2) is 0 Å². The summed E-state index contributed by atoms with van der Waals surface area (Å²) >= 11 is 1.52. The maximum atomic E-state index is 12.6. The Balaban J connectivity index is 2.65. The highest BCUT2D eigenvalue weighted by atomic mass is 32.1. The minimum atomic E-state index is -0.0848. The van der Waals surface area contributed by atoms with Crippen molar-refractivity contribution in [1.82, 2.24) is 5.32 Å². The van der Waals surface area contributed by atoms with Gasteiger partial charge in [0, 0.05) is 16.5 Å². The van der Waals surface area contributed by atoms with E-state index in [1.165, 1.54) is 27.3 Å². The standard InChI is InChI=1S/C18H24N2OS/c1-6-14-15(13-8-7-11(4)9-12(13)5)16(17(19)22-14)18(21)20-10(2)3/h7-10H,6,19H2,1-5H3,(H,20,21). The van der Waals surface area contributed by atoms with Gasteiger partial charge in [-0.05, 0) is 45.2 Å². The van der Waals surface area contributed by atoms with Gasteiger partial charge in [0.05, 0.1) is 10.6 Å². The molecule has 1 amide bonds. The summed E-state index contributed by atoms with van der Waals surface area (Å²) in [5.41, 5.74) is 11.3. The highest BCUT2D eigenvalue weighted by Crippen LogP contribution is 2.40. The summed E-state index contributed by atoms with van der Waals surface area (Å²) in [7, 11) is 0. The van der Waals surface area contributed by atoms with Crippen LogP contribution in [-0.2, 0) is 6.42 Å². The predicted octanol–water partition coefficient (Wildman–Crippen LogP) is 4.31. The first-order chi connectivity index (χ1) is 10.3. The number of thiophene rings is 1. The van der Waals surface area contributed by atoms with Crippen molar-refractivity contribution in [2.75, 3.05) is 5.73 Å². The summed E-state index contributed by atoms with van der Waals surface area (Å²) in [4.78, 5) is 13.8. The lowest BCUT2D eigenvalue weighted by molar-refractivity contribution is 0.0945. The Bertz CT molecular complexity index is 701. The van der Waals surface area contributed by atoms with E-state index in [0.717, 1.165) is 17.5 Å². The van der Waals surface area contributed by atoms with Crippen LogP contribution in [0.15, 0.2) is 18.2 Å². The number of amides is 1. The fraction of sp³-hybridized carbons (Fsp3) is 0.389. The van der Waals surface area contributed by atoms with Crippen LogP contribution in [0.3, 0.4) is 0 Å². The SMILES string of the molecule is CCc1sc(N)c(C(=O)NC(C)C)c1-c1ccc(C)cc1C. The Morgan fingerprint density at radius 1 is 1.32 bits per heavy atom. The molecule has 2 aromatic rings. The van der Waals surface area contributed by atoms with Crippen LogP contribution in [0.5, 0.6) is 0 Å². The second-order valence-corrected chi connectivity index (χ2v) is 7.08. The molecule has 4 heteroatoms. The van der Waals surface area contributed by atoms with Crippen LogP contribution in [0.4, 0.5) is 5.00 Å². The van der Waals surface area contributed by atoms with Crippen LogP contribution in [0.1, 0.15) is 47.1 Å². The second-order valence-electron chi connectivity index (χ2n) is 5.94. The third kappa shape index (κ3) is 3.17. The number of anilines is 1. The Kier molecular flexibility index (Phi) is 4.91. The molecule has 0 aliphatic heterocycles. The van der Waals surface area contributed by atoms with Gasteiger partial charge in [-0.15, -0.1) is 11.3 Å². The first-order valence-corrected chi connectivity index (χ1v) is 8.46. The lowest BCUT2D eigenvalue weighted by Gasteiger charge is -2.13. The van der Waals surface area contributed by atoms with Crippen molar-refractivity contribution < 1.29 is 4.79 Å². The summed E-state index contributed by atoms with van der Waals surface area (Å²) in [6.45, 7) is 10.2. The Hall–Kier alpha value is -1.81. The van der Waals surface area contributed by atoms with E-state index < -0.39 is 0 Å². The van der Waals surface area contributed by atoms with Crippen molar-refractivity contribution in [3.8, 4) is 11.1 Å². The third-order valence-electron chi connectivity index (χ3n) is 3.63. The molecular formula is C18H24N2OS. The molecule has 0 spiro atoms. The van der Waals surface area contributed by atoms with E-state index in [9.17, 15) is 4.79 Å². The topological polar surface area (TPSA) is 55.1 Å². The van der Waals surface area contributed by atoms with E-state index >= 15 is 0 Å². The summed E-state index contributed by atoms with van der Waals surface area (Å²) in [5.74, 6) is -0.0848. The smallest absolute Gasteiger partial charge is 0.255 e. The quantitative estimate of drug-likeness (QED) is 0.883. The van der Waals surface area contributed by atoms with Gasteiger partial charge in [-0.3, -0.25) is 4.79 Å². The molecule has 0 saturated carbocycles. The molecule has 2 rings (SSSR count). The number of carbonyl (C=O) groups excluding carboxylic acids is 1. The summed E-state index contributed by atoms with van der Waals surface area (Å²) < 4.78 is 0. The zero-order chi connectivity index (χ0) is 16.4. The Morgan fingerprint density at radius 3 is 2.55 bits per heavy atom. The van der Waals surface area contributed by atoms with Gasteiger partial charge in [0.2, 0.25) is 0 Å². The number of rotatable bonds is 4. The molecule has 0 aliphatic carbocycles. The molecule has 3 nitrogen and oxygen atoms in total. The summed E-state index contributed by atoms with van der Waals surface area (Å²) in [6, 6.07) is 6.41. The molecule has 0 saturated heterocycles. The molecule has 0 bridgehead atoms. The molecule has 118 valence electrons. The Morgan fingerprint density at radius 2 is 2.00 bits per heavy atom. The summed E-state index contributed by atoms with van der Waals surface area (Å²) in [6.07, 6.45) is 0.868. The Labute approximate surface area is 136 Å². The molecule has 0 fully saturated rings. The minimum Gasteiger partial charge on any atom is -0.390 e. The van der Waals surface area contributed by atoms with Crippen LogP contribution in [-0.4, -0.2) is 11.9 Å². The van der Waals surface area contributed by atoms with E-state index in [2.05, 4.69) is 44.3 Å². The number of hydrogen-bond acceptors (Lipinski definition) is 3. The third-order valence-corrected chi connectivity index (χ3v) is 4.79. The van der Waals surface area contributed by atoms with Crippen molar-refractivity contribution in [1.29, 1.82) is 0 Å². The van der Waals surface area contributed by atoms with Gasteiger partial charge in [0.15, 0.2) is 0 Å². The van der Waals surface area contributed by atoms with Gasteiger partial charge in [0.25, 0.3) is 5.91 Å². The van der Waals surface area contributed by atoms with Crippen molar-refractivity contribution >= 4 is 22.2 Å². The van der Waals surface area contributed by atoms with Crippen LogP contribution in [0, 0.1) is 13.8 Å². The average Bonchev–Trinajstić information content (AvgIpc) is 2.74. The highest BCUT2D eigenvalue weighted by molar-refractivity contribution is 7.17. The van der Waals surface area contributed by atoms with Crippen LogP contribution < -0.4 is 11.1 Å². The lowest BCUT2D eigenvalue weighted by Crippen LogP contribution is -2.30. The van der Waals surface area contributed by atoms with Gasteiger partial charge < -0.3 is 11.1 Å². The van der Waals surface area contributed by atoms with Crippen LogP contribution >= 0.6 is 11.3 Å². The number of carbonyl (C=O) groups is 1. The van der Waals surface area contributed by atoms with Gasteiger partial charge in [-0.2, -0.15) is 0 Å². The number of nitrogen functional groups attached to an aromatic ring is 1. The molecular weight excluding hydrogens is 292 g/mol. The molecule has 0 unspecified atom stereocenters. The monoisotopic (exact) mass is 316 g/mol. The number of benzene rings is 1. The van der Waals surface area contributed by atoms with Gasteiger partial charge >= 0.3 is 0 Å². The second kappa shape index (κ2) is 6.53. The molecule has 1 heterocycles. The average molecular weight is 316 g/mol.